The van der Waals surface area contributed by atoms with Gasteiger partial charge >= 0.3 is 0 Å². The van der Waals surface area contributed by atoms with Crippen LogP contribution in [0.2, 0.25) is 0 Å². The number of hydrogen-bond acceptors (Lipinski definition) is 5. The second-order valence-electron chi connectivity index (χ2n) is 7.83. The van der Waals surface area contributed by atoms with Gasteiger partial charge in [-0.2, -0.15) is 0 Å². The summed E-state index contributed by atoms with van der Waals surface area (Å²) in [6.45, 7) is 2.73. The summed E-state index contributed by atoms with van der Waals surface area (Å²) in [7, 11) is 0. The number of rotatable bonds is 3. The van der Waals surface area contributed by atoms with Gasteiger partial charge in [0.2, 0.25) is 5.78 Å². The van der Waals surface area contributed by atoms with E-state index >= 15 is 0 Å². The van der Waals surface area contributed by atoms with Crippen LogP contribution in [-0.4, -0.2) is 50.5 Å². The zero-order valence-corrected chi connectivity index (χ0v) is 17.0. The lowest BCUT2D eigenvalue weighted by molar-refractivity contribution is 0.500. The molecule has 0 unspecified atom stereocenters. The van der Waals surface area contributed by atoms with E-state index in [0.717, 1.165) is 29.6 Å². The number of aromatic nitrogens is 5. The standard InChI is InChI=1S/C23H19F2N7/c24-19-8-14(9-20(21(19)25)31-4-1-26-2-5-31)15-7-17-18(12-29-22(17)28-10-15)16-11-30-23-27-3-6-32(23)13-16/h3,6-13,26H,1-2,4-5H2,(H,28,29). The van der Waals surface area contributed by atoms with Crippen LogP contribution in [-0.2, 0) is 0 Å². The molecule has 0 radical (unpaired) electrons. The molecule has 1 aromatic carbocycles. The number of hydrogen-bond donors (Lipinski definition) is 2. The number of H-pyrrole nitrogens is 1. The number of nitrogens with one attached hydrogen (secondary N) is 2. The first-order valence-corrected chi connectivity index (χ1v) is 10.4. The highest BCUT2D eigenvalue weighted by Crippen LogP contribution is 2.34. The van der Waals surface area contributed by atoms with Crippen molar-refractivity contribution in [1.29, 1.82) is 0 Å². The van der Waals surface area contributed by atoms with E-state index < -0.39 is 11.6 Å². The van der Waals surface area contributed by atoms with Crippen LogP contribution in [0.25, 0.3) is 39.1 Å². The minimum atomic E-state index is -0.861. The molecule has 0 aliphatic carbocycles. The molecule has 0 atom stereocenters. The highest BCUT2D eigenvalue weighted by Gasteiger charge is 2.20. The Labute approximate surface area is 181 Å². The average molecular weight is 431 g/mol. The number of fused-ring (bicyclic) bond motifs is 2. The summed E-state index contributed by atoms with van der Waals surface area (Å²) in [6, 6.07) is 4.88. The van der Waals surface area contributed by atoms with Gasteiger partial charge in [0.25, 0.3) is 0 Å². The van der Waals surface area contributed by atoms with Crippen molar-refractivity contribution in [3.05, 3.63) is 67.0 Å². The van der Waals surface area contributed by atoms with Crippen molar-refractivity contribution in [1.82, 2.24) is 29.7 Å². The van der Waals surface area contributed by atoms with Crippen LogP contribution in [0.5, 0.6) is 0 Å². The molecular formula is C23H19F2N7. The molecular weight excluding hydrogens is 412 g/mol. The Bertz CT molecular complexity index is 1450. The van der Waals surface area contributed by atoms with Crippen molar-refractivity contribution < 1.29 is 8.78 Å². The minimum Gasteiger partial charge on any atom is -0.367 e. The molecule has 1 fully saturated rings. The molecule has 5 heterocycles. The Kier molecular flexibility index (Phi) is 4.36. The normalized spacial score (nSPS) is 14.5. The summed E-state index contributed by atoms with van der Waals surface area (Å²) >= 11 is 0. The van der Waals surface area contributed by atoms with Crippen LogP contribution < -0.4 is 10.2 Å². The van der Waals surface area contributed by atoms with Gasteiger partial charge in [0, 0.05) is 85.4 Å². The average Bonchev–Trinajstić information content (AvgIpc) is 3.47. The molecule has 2 N–H and O–H groups in total. The summed E-state index contributed by atoms with van der Waals surface area (Å²) in [6.07, 6.45) is 10.8. The van der Waals surface area contributed by atoms with Gasteiger partial charge in [-0.05, 0) is 23.8 Å². The van der Waals surface area contributed by atoms with Crippen molar-refractivity contribution in [3.63, 3.8) is 0 Å². The van der Waals surface area contributed by atoms with Crippen molar-refractivity contribution >= 4 is 22.5 Å². The van der Waals surface area contributed by atoms with Crippen LogP contribution >= 0.6 is 0 Å². The third kappa shape index (κ3) is 3.09. The lowest BCUT2D eigenvalue weighted by Gasteiger charge is -2.30. The summed E-state index contributed by atoms with van der Waals surface area (Å²) in [4.78, 5) is 18.1. The summed E-state index contributed by atoms with van der Waals surface area (Å²) in [5, 5.41) is 4.10. The Balaban J connectivity index is 1.46. The van der Waals surface area contributed by atoms with Crippen LogP contribution in [0.1, 0.15) is 0 Å². The number of imidazole rings is 1. The van der Waals surface area contributed by atoms with Crippen LogP contribution in [0.4, 0.5) is 14.5 Å². The molecule has 0 amide bonds. The number of pyridine rings is 1. The topological polar surface area (TPSA) is 74.1 Å². The third-order valence-electron chi connectivity index (χ3n) is 5.89. The maximum absolute atomic E-state index is 14.6. The first-order chi connectivity index (χ1) is 15.7. The highest BCUT2D eigenvalue weighted by atomic mass is 19.2. The molecule has 0 spiro atoms. The quantitative estimate of drug-likeness (QED) is 0.456. The lowest BCUT2D eigenvalue weighted by Crippen LogP contribution is -2.44. The van der Waals surface area contributed by atoms with Crippen molar-refractivity contribution in [3.8, 4) is 22.3 Å². The van der Waals surface area contributed by atoms with E-state index in [-0.39, 0.29) is 5.69 Å². The van der Waals surface area contributed by atoms with E-state index in [4.69, 9.17) is 0 Å². The predicted octanol–water partition coefficient (Wildman–Crippen LogP) is 3.63. The number of nitrogens with zero attached hydrogens (tertiary/aromatic N) is 5. The molecule has 1 aliphatic heterocycles. The Morgan fingerprint density at radius 1 is 0.906 bits per heavy atom. The van der Waals surface area contributed by atoms with Gasteiger partial charge in [0.1, 0.15) is 5.65 Å². The molecule has 9 heteroatoms. The van der Waals surface area contributed by atoms with Gasteiger partial charge < -0.3 is 15.2 Å². The van der Waals surface area contributed by atoms with E-state index in [1.807, 2.05) is 34.0 Å². The smallest absolute Gasteiger partial charge is 0.233 e. The monoisotopic (exact) mass is 431 g/mol. The van der Waals surface area contributed by atoms with Crippen molar-refractivity contribution in [2.45, 2.75) is 0 Å². The van der Waals surface area contributed by atoms with E-state index in [0.29, 0.717) is 35.6 Å². The molecule has 0 saturated carbocycles. The van der Waals surface area contributed by atoms with Gasteiger partial charge in [0.15, 0.2) is 11.6 Å². The van der Waals surface area contributed by atoms with Gasteiger partial charge in [-0.15, -0.1) is 0 Å². The summed E-state index contributed by atoms with van der Waals surface area (Å²) in [5.74, 6) is -1.05. The first-order valence-electron chi connectivity index (χ1n) is 10.4. The largest absolute Gasteiger partial charge is 0.367 e. The minimum absolute atomic E-state index is 0.283. The van der Waals surface area contributed by atoms with Crippen molar-refractivity contribution in [2.24, 2.45) is 0 Å². The van der Waals surface area contributed by atoms with E-state index in [1.54, 1.807) is 24.7 Å². The number of anilines is 1. The molecule has 32 heavy (non-hydrogen) atoms. The van der Waals surface area contributed by atoms with E-state index in [2.05, 4.69) is 25.3 Å². The van der Waals surface area contributed by atoms with Crippen LogP contribution in [0.15, 0.2) is 55.4 Å². The molecule has 160 valence electrons. The molecule has 5 aromatic rings. The van der Waals surface area contributed by atoms with Gasteiger partial charge in [-0.25, -0.2) is 23.7 Å². The maximum Gasteiger partial charge on any atom is 0.233 e. The second kappa shape index (κ2) is 7.38. The fourth-order valence-corrected chi connectivity index (χ4v) is 4.23. The SMILES string of the molecule is Fc1cc(-c2cnc3[nH]cc(-c4cnc5nccn5c4)c3c2)cc(N2CCNCC2)c1F. The van der Waals surface area contributed by atoms with Gasteiger partial charge in [-0.3, -0.25) is 4.40 Å². The second-order valence-corrected chi connectivity index (χ2v) is 7.83. The summed E-state index contributed by atoms with van der Waals surface area (Å²) < 4.78 is 31.0. The van der Waals surface area contributed by atoms with E-state index in [1.165, 1.54) is 6.07 Å². The Hall–Kier alpha value is -3.85. The molecule has 7 nitrogen and oxygen atoms in total. The zero-order chi connectivity index (χ0) is 21.7. The molecule has 0 bridgehead atoms. The van der Waals surface area contributed by atoms with E-state index in [9.17, 15) is 8.78 Å². The first kappa shape index (κ1) is 18.9. The predicted molar refractivity (Wildman–Crippen MR) is 119 cm³/mol. The van der Waals surface area contributed by atoms with Crippen LogP contribution in [0, 0.1) is 11.6 Å². The number of piperazine rings is 1. The maximum atomic E-state index is 14.6. The van der Waals surface area contributed by atoms with Gasteiger partial charge in [0.05, 0.1) is 5.69 Å². The number of benzene rings is 1. The Morgan fingerprint density at radius 2 is 1.75 bits per heavy atom. The molecule has 1 aliphatic rings. The van der Waals surface area contributed by atoms with Crippen LogP contribution in [0.3, 0.4) is 0 Å². The number of halogens is 2. The summed E-state index contributed by atoms with van der Waals surface area (Å²) in [5.41, 5.74) is 4.10. The Morgan fingerprint density at radius 3 is 2.62 bits per heavy atom. The van der Waals surface area contributed by atoms with Crippen molar-refractivity contribution in [2.75, 3.05) is 31.1 Å². The molecule has 1 saturated heterocycles. The highest BCUT2D eigenvalue weighted by molar-refractivity contribution is 5.95. The third-order valence-corrected chi connectivity index (χ3v) is 5.89. The fraction of sp³-hybridized carbons (Fsp3) is 0.174. The fourth-order valence-electron chi connectivity index (χ4n) is 4.23. The molecule has 4 aromatic heterocycles. The number of aromatic amines is 1. The lowest BCUT2D eigenvalue weighted by atomic mass is 10.0. The molecule has 6 rings (SSSR count). The zero-order valence-electron chi connectivity index (χ0n) is 17.0. The van der Waals surface area contributed by atoms with Gasteiger partial charge in [-0.1, -0.05) is 0 Å².